The summed E-state index contributed by atoms with van der Waals surface area (Å²) in [5, 5.41) is 1.45. The topological polar surface area (TPSA) is 102 Å². The number of fused-ring (bicyclic) bond motifs is 2. The molecule has 0 radical (unpaired) electrons. The summed E-state index contributed by atoms with van der Waals surface area (Å²) in [7, 11) is -1.87. The van der Waals surface area contributed by atoms with Crippen LogP contribution in [-0.2, 0) is 23.6 Å². The normalized spacial score (nSPS) is 12.0. The Morgan fingerprint density at radius 1 is 1.14 bits per heavy atom. The number of hydrogen-bond donors (Lipinski definition) is 2. The van der Waals surface area contributed by atoms with Gasteiger partial charge < -0.3 is 14.1 Å². The van der Waals surface area contributed by atoms with Gasteiger partial charge >= 0.3 is 0 Å². The highest BCUT2D eigenvalue weighted by atomic mass is 35.5. The number of anilines is 1. The van der Waals surface area contributed by atoms with Gasteiger partial charge in [-0.2, -0.15) is 0 Å². The first kappa shape index (κ1) is 24.1. The highest BCUT2D eigenvalue weighted by Gasteiger charge is 2.19. The number of hydrogen-bond acceptors (Lipinski definition) is 4. The number of sulfonamides is 1. The average Bonchev–Trinajstić information content (AvgIpc) is 3.44. The van der Waals surface area contributed by atoms with Crippen LogP contribution >= 0.6 is 11.6 Å². The molecule has 10 heteroatoms. The largest absolute Gasteiger partial charge is 0.357 e. The van der Waals surface area contributed by atoms with Gasteiger partial charge in [0.15, 0.2) is 0 Å². The van der Waals surface area contributed by atoms with Crippen molar-refractivity contribution in [2.75, 3.05) is 10.5 Å². The van der Waals surface area contributed by atoms with E-state index in [-0.39, 0.29) is 11.3 Å². The monoisotopic (exact) mass is 523 g/mol. The number of aryl methyl sites for hydroxylation is 3. The third-order valence-electron chi connectivity index (χ3n) is 6.47. The van der Waals surface area contributed by atoms with Crippen LogP contribution in [0, 0.1) is 13.8 Å². The summed E-state index contributed by atoms with van der Waals surface area (Å²) in [6, 6.07) is 11.5. The second kappa shape index (κ2) is 8.83. The van der Waals surface area contributed by atoms with Gasteiger partial charge in [0.2, 0.25) is 10.0 Å². The maximum Gasteiger partial charge on any atom is 0.274 e. The lowest BCUT2D eigenvalue weighted by Crippen LogP contribution is -2.17. The van der Waals surface area contributed by atoms with Gasteiger partial charge in [0.05, 0.1) is 17.0 Å². The zero-order chi connectivity index (χ0) is 25.8. The molecule has 0 amide bonds. The summed E-state index contributed by atoms with van der Waals surface area (Å²) in [5.74, 6) is 0.672. The Hall–Kier alpha value is -3.56. The van der Waals surface area contributed by atoms with Gasteiger partial charge in [-0.15, -0.1) is 0 Å². The molecule has 8 nitrogen and oxygen atoms in total. The molecule has 0 bridgehead atoms. The van der Waals surface area contributed by atoms with Gasteiger partial charge in [-0.1, -0.05) is 23.7 Å². The molecule has 0 saturated heterocycles. The van der Waals surface area contributed by atoms with E-state index in [0.717, 1.165) is 39.0 Å². The SMILES string of the molecule is CCS(=O)(=O)Nc1cc(-c2cn(C)c(=O)c3[nH]ccc23)cc2c1nc(C)n2Cc1ccc(C)c(Cl)c1. The average molecular weight is 524 g/mol. The van der Waals surface area contributed by atoms with E-state index < -0.39 is 10.0 Å². The van der Waals surface area contributed by atoms with Crippen molar-refractivity contribution in [2.24, 2.45) is 7.05 Å². The molecule has 0 fully saturated rings. The molecule has 2 aromatic carbocycles. The molecule has 3 aromatic heterocycles. The predicted molar refractivity (Wildman–Crippen MR) is 145 cm³/mol. The minimum absolute atomic E-state index is 0.0673. The second-order valence-electron chi connectivity index (χ2n) is 8.95. The van der Waals surface area contributed by atoms with Crippen LogP contribution in [0.2, 0.25) is 5.02 Å². The Balaban J connectivity index is 1.78. The predicted octanol–water partition coefficient (Wildman–Crippen LogP) is 4.96. The summed E-state index contributed by atoms with van der Waals surface area (Å²) < 4.78 is 31.4. The summed E-state index contributed by atoms with van der Waals surface area (Å²) in [5.41, 5.74) is 5.64. The van der Waals surface area contributed by atoms with Crippen LogP contribution < -0.4 is 10.3 Å². The summed E-state index contributed by atoms with van der Waals surface area (Å²) in [6.45, 7) is 5.95. The number of benzene rings is 2. The van der Waals surface area contributed by atoms with Gasteiger partial charge in [-0.25, -0.2) is 13.4 Å². The van der Waals surface area contributed by atoms with Crippen LogP contribution in [-0.4, -0.2) is 33.3 Å². The van der Waals surface area contributed by atoms with Crippen LogP contribution in [0.4, 0.5) is 5.69 Å². The molecule has 0 atom stereocenters. The number of nitrogens with zero attached hydrogens (tertiary/aromatic N) is 3. The molecule has 3 heterocycles. The molecule has 2 N–H and O–H groups in total. The first-order valence-corrected chi connectivity index (χ1v) is 13.5. The third kappa shape index (κ3) is 4.18. The number of imidazole rings is 1. The number of nitrogens with one attached hydrogen (secondary N) is 2. The number of H-pyrrole nitrogens is 1. The lowest BCUT2D eigenvalue weighted by Gasteiger charge is -2.13. The molecular formula is C26H26ClN5O3S. The molecule has 0 aliphatic carbocycles. The first-order valence-electron chi connectivity index (χ1n) is 11.5. The molecule has 5 aromatic rings. The van der Waals surface area contributed by atoms with Crippen LogP contribution in [0.5, 0.6) is 0 Å². The number of pyridine rings is 1. The lowest BCUT2D eigenvalue weighted by atomic mass is 10.0. The molecule has 0 spiro atoms. The quantitative estimate of drug-likeness (QED) is 0.328. The fourth-order valence-electron chi connectivity index (χ4n) is 4.43. The minimum atomic E-state index is -3.56. The Kier molecular flexibility index (Phi) is 5.92. The summed E-state index contributed by atoms with van der Waals surface area (Å²) in [6.07, 6.45) is 3.50. The minimum Gasteiger partial charge on any atom is -0.357 e. The fourth-order valence-corrected chi connectivity index (χ4v) is 5.27. The maximum atomic E-state index is 12.6. The molecule has 0 unspecified atom stereocenters. The van der Waals surface area contributed by atoms with Crippen molar-refractivity contribution in [2.45, 2.75) is 27.3 Å². The van der Waals surface area contributed by atoms with Crippen molar-refractivity contribution in [3.8, 4) is 11.1 Å². The number of aromatic nitrogens is 4. The zero-order valence-electron chi connectivity index (χ0n) is 20.4. The molecule has 186 valence electrons. The highest BCUT2D eigenvalue weighted by Crippen LogP contribution is 2.35. The van der Waals surface area contributed by atoms with Crippen LogP contribution in [0.3, 0.4) is 0 Å². The molecule has 0 saturated carbocycles. The number of halogens is 1. The van der Waals surface area contributed by atoms with E-state index in [4.69, 9.17) is 16.6 Å². The van der Waals surface area contributed by atoms with Crippen molar-refractivity contribution in [3.63, 3.8) is 0 Å². The Labute approximate surface area is 213 Å². The van der Waals surface area contributed by atoms with E-state index in [1.54, 1.807) is 32.4 Å². The number of aromatic amines is 1. The molecular weight excluding hydrogens is 498 g/mol. The van der Waals surface area contributed by atoms with Crippen molar-refractivity contribution < 1.29 is 8.42 Å². The van der Waals surface area contributed by atoms with E-state index in [9.17, 15) is 13.2 Å². The van der Waals surface area contributed by atoms with Crippen molar-refractivity contribution in [3.05, 3.63) is 81.1 Å². The molecule has 0 aliphatic rings. The van der Waals surface area contributed by atoms with Crippen LogP contribution in [0.25, 0.3) is 33.1 Å². The van der Waals surface area contributed by atoms with Gasteiger partial charge in [-0.3, -0.25) is 9.52 Å². The van der Waals surface area contributed by atoms with Gasteiger partial charge in [0, 0.05) is 42.0 Å². The Morgan fingerprint density at radius 2 is 1.92 bits per heavy atom. The lowest BCUT2D eigenvalue weighted by molar-refractivity contribution is 0.602. The van der Waals surface area contributed by atoms with Gasteiger partial charge in [0.1, 0.15) is 16.9 Å². The summed E-state index contributed by atoms with van der Waals surface area (Å²) >= 11 is 6.37. The van der Waals surface area contributed by atoms with Crippen molar-refractivity contribution >= 4 is 49.2 Å². The number of rotatable bonds is 6. The van der Waals surface area contributed by atoms with E-state index >= 15 is 0 Å². The molecule has 0 aliphatic heterocycles. The Bertz CT molecular complexity index is 1820. The first-order chi connectivity index (χ1) is 17.1. The van der Waals surface area contributed by atoms with E-state index in [2.05, 4.69) is 9.71 Å². The van der Waals surface area contributed by atoms with Gasteiger partial charge in [-0.05, 0) is 61.7 Å². The van der Waals surface area contributed by atoms with E-state index in [1.165, 1.54) is 4.57 Å². The van der Waals surface area contributed by atoms with Crippen LogP contribution in [0.1, 0.15) is 23.9 Å². The highest BCUT2D eigenvalue weighted by molar-refractivity contribution is 7.92. The fraction of sp³-hybridized carbons (Fsp3) is 0.231. The maximum absolute atomic E-state index is 12.6. The van der Waals surface area contributed by atoms with Crippen LogP contribution in [0.15, 0.2) is 53.6 Å². The second-order valence-corrected chi connectivity index (χ2v) is 11.4. The summed E-state index contributed by atoms with van der Waals surface area (Å²) in [4.78, 5) is 20.4. The van der Waals surface area contributed by atoms with Gasteiger partial charge in [0.25, 0.3) is 5.56 Å². The zero-order valence-corrected chi connectivity index (χ0v) is 22.0. The van der Waals surface area contributed by atoms with E-state index in [0.29, 0.717) is 28.3 Å². The Morgan fingerprint density at radius 3 is 2.64 bits per heavy atom. The van der Waals surface area contributed by atoms with E-state index in [1.807, 2.05) is 48.7 Å². The molecule has 5 rings (SSSR count). The van der Waals surface area contributed by atoms with Crippen molar-refractivity contribution in [1.29, 1.82) is 0 Å². The smallest absolute Gasteiger partial charge is 0.274 e. The molecule has 36 heavy (non-hydrogen) atoms. The standard InChI is InChI=1S/C26H26ClN5O3S/c1-5-36(34,35)30-22-11-18(20-14-31(4)26(33)24-19(20)8-9-28-24)12-23-25(22)29-16(3)32(23)13-17-7-6-15(2)21(27)10-17/h6-12,14,28,30H,5,13H2,1-4H3. The van der Waals surface area contributed by atoms with Crippen molar-refractivity contribution in [1.82, 2.24) is 19.1 Å². The third-order valence-corrected chi connectivity index (χ3v) is 8.17.